The molecule has 0 aliphatic carbocycles. The first-order valence-corrected chi connectivity index (χ1v) is 16.5. The highest BCUT2D eigenvalue weighted by atomic mass is 32.2. The van der Waals surface area contributed by atoms with E-state index in [0.717, 1.165) is 22.9 Å². The zero-order chi connectivity index (χ0) is 30.9. The molecule has 2 aliphatic rings. The third-order valence-corrected chi connectivity index (χ3v) is 8.20. The Kier molecular flexibility index (Phi) is 11.2. The number of hydrogen-bond donors (Lipinski definition) is 0. The molecule has 2 heterocycles. The van der Waals surface area contributed by atoms with E-state index >= 15 is 0 Å². The summed E-state index contributed by atoms with van der Waals surface area (Å²) in [6, 6.07) is 28.9. The van der Waals surface area contributed by atoms with Crippen molar-refractivity contribution in [3.63, 3.8) is 0 Å². The lowest BCUT2D eigenvalue weighted by Crippen LogP contribution is -2.44. The van der Waals surface area contributed by atoms with Crippen LogP contribution in [-0.2, 0) is 62.7 Å². The predicted octanol–water partition coefficient (Wildman–Crippen LogP) is 4.04. The molecule has 11 heteroatoms. The van der Waals surface area contributed by atoms with Gasteiger partial charge in [0.05, 0.1) is 44.8 Å². The molecule has 0 bridgehead atoms. The van der Waals surface area contributed by atoms with Crippen molar-refractivity contribution in [2.75, 3.05) is 19.5 Å². The second kappa shape index (κ2) is 15.2. The van der Waals surface area contributed by atoms with Crippen LogP contribution in [0.5, 0.6) is 0 Å². The Morgan fingerprint density at radius 1 is 0.841 bits per heavy atom. The van der Waals surface area contributed by atoms with Crippen LogP contribution in [0.25, 0.3) is 0 Å². The average molecular weight is 626 g/mol. The zero-order valence-electron chi connectivity index (χ0n) is 24.9. The first-order valence-electron chi connectivity index (χ1n) is 14.7. The standard InChI is InChI=1S/C33H39NO9S/c1-24(35)39-23-31(43-44(2,36)37)30-18-28-32(40-20-26-14-8-4-9-15-26)33(41-21-27-16-10-5-11-17-27)29(34(28)42-30)22-38-19-25-12-6-3-7-13-25/h3-17,28-33H,18-23H2,1-2H3/t28-,29-,30-,31-,32-,33-/m1/s1. The van der Waals surface area contributed by atoms with Crippen molar-refractivity contribution < 1.29 is 41.2 Å². The normalized spacial score (nSPS) is 24.2. The van der Waals surface area contributed by atoms with Crippen LogP contribution in [0.2, 0.25) is 0 Å². The molecule has 44 heavy (non-hydrogen) atoms. The maximum Gasteiger partial charge on any atom is 0.302 e. The molecule has 0 aromatic heterocycles. The first-order chi connectivity index (χ1) is 21.3. The minimum Gasteiger partial charge on any atom is -0.463 e. The molecule has 236 valence electrons. The molecule has 2 fully saturated rings. The lowest BCUT2D eigenvalue weighted by molar-refractivity contribution is -0.214. The number of carbonyl (C=O) groups excluding carboxylic acids is 1. The van der Waals surface area contributed by atoms with Crippen LogP contribution in [0, 0.1) is 0 Å². The van der Waals surface area contributed by atoms with Gasteiger partial charge in [-0.2, -0.15) is 13.5 Å². The number of carbonyl (C=O) groups is 1. The molecule has 0 amide bonds. The summed E-state index contributed by atoms with van der Waals surface area (Å²) in [5, 5.41) is 1.81. The topological polar surface area (TPSA) is 110 Å². The first kappa shape index (κ1) is 32.2. The van der Waals surface area contributed by atoms with Gasteiger partial charge in [-0.05, 0) is 23.1 Å². The predicted molar refractivity (Wildman–Crippen MR) is 161 cm³/mol. The van der Waals surface area contributed by atoms with Crippen molar-refractivity contribution in [1.29, 1.82) is 0 Å². The van der Waals surface area contributed by atoms with E-state index in [4.69, 9.17) is 28.0 Å². The maximum absolute atomic E-state index is 12.1. The Hall–Kier alpha value is -3.16. The van der Waals surface area contributed by atoms with Crippen LogP contribution in [-0.4, -0.2) is 75.4 Å². The number of fused-ring (bicyclic) bond motifs is 1. The van der Waals surface area contributed by atoms with E-state index in [1.807, 2.05) is 96.1 Å². The molecule has 3 aromatic rings. The summed E-state index contributed by atoms with van der Waals surface area (Å²) in [7, 11) is -3.87. The molecule has 5 rings (SSSR count). The van der Waals surface area contributed by atoms with E-state index < -0.39 is 40.5 Å². The van der Waals surface area contributed by atoms with Gasteiger partial charge in [0, 0.05) is 6.92 Å². The van der Waals surface area contributed by atoms with E-state index in [9.17, 15) is 13.2 Å². The third-order valence-electron chi connectivity index (χ3n) is 7.60. The molecule has 10 nitrogen and oxygen atoms in total. The molecular formula is C33H39NO9S. The highest BCUT2D eigenvalue weighted by molar-refractivity contribution is 7.86. The smallest absolute Gasteiger partial charge is 0.302 e. The second-order valence-electron chi connectivity index (χ2n) is 11.0. The molecule has 0 spiro atoms. The molecule has 0 saturated carbocycles. The number of esters is 1. The lowest BCUT2D eigenvalue weighted by atomic mass is 10.00. The summed E-state index contributed by atoms with van der Waals surface area (Å²) >= 11 is 0. The van der Waals surface area contributed by atoms with Crippen LogP contribution in [0.1, 0.15) is 30.0 Å². The van der Waals surface area contributed by atoms with Crippen LogP contribution < -0.4 is 0 Å². The molecular weight excluding hydrogens is 586 g/mol. The highest BCUT2D eigenvalue weighted by Gasteiger charge is 2.57. The fourth-order valence-electron chi connectivity index (χ4n) is 5.63. The van der Waals surface area contributed by atoms with Gasteiger partial charge in [-0.15, -0.1) is 0 Å². The Balaban J connectivity index is 1.40. The molecule has 3 aromatic carbocycles. The Morgan fingerprint density at radius 3 is 1.89 bits per heavy atom. The van der Waals surface area contributed by atoms with Crippen molar-refractivity contribution >= 4 is 16.1 Å². The second-order valence-corrected chi connectivity index (χ2v) is 12.6. The highest BCUT2D eigenvalue weighted by Crippen LogP contribution is 2.40. The van der Waals surface area contributed by atoms with Crippen molar-refractivity contribution in [3.8, 4) is 0 Å². The van der Waals surface area contributed by atoms with Gasteiger partial charge in [0.15, 0.2) is 0 Å². The summed E-state index contributed by atoms with van der Waals surface area (Å²) in [6.07, 6.45) is -1.30. The van der Waals surface area contributed by atoms with Crippen LogP contribution >= 0.6 is 0 Å². The summed E-state index contributed by atoms with van der Waals surface area (Å²) in [4.78, 5) is 18.0. The Bertz CT molecular complexity index is 1430. The molecule has 6 atom stereocenters. The van der Waals surface area contributed by atoms with E-state index in [-0.39, 0.29) is 25.3 Å². The van der Waals surface area contributed by atoms with Crippen molar-refractivity contribution in [2.24, 2.45) is 0 Å². The number of hydrogen-bond acceptors (Lipinski definition) is 10. The summed E-state index contributed by atoms with van der Waals surface area (Å²) in [5.41, 5.74) is 3.06. The SMILES string of the molecule is CC(=O)OC[C@@H](OS(C)(=O)=O)[C@H]1C[C@@H]2[C@@H](OCc3ccccc3)[C@H](OCc3ccccc3)[C@@H](COCc3ccccc3)N2O1. The fraction of sp³-hybridized carbons (Fsp3) is 0.424. The Labute approximate surface area is 258 Å². The minimum absolute atomic E-state index is 0.268. The number of rotatable bonds is 15. The zero-order valence-corrected chi connectivity index (χ0v) is 25.7. The van der Waals surface area contributed by atoms with Crippen molar-refractivity contribution in [3.05, 3.63) is 108 Å². The summed E-state index contributed by atoms with van der Waals surface area (Å²) in [6.45, 7) is 2.36. The quantitative estimate of drug-likeness (QED) is 0.181. The van der Waals surface area contributed by atoms with Gasteiger partial charge in [-0.1, -0.05) is 91.0 Å². The molecule has 0 unspecified atom stereocenters. The summed E-state index contributed by atoms with van der Waals surface area (Å²) in [5.74, 6) is -0.545. The van der Waals surface area contributed by atoms with Gasteiger partial charge >= 0.3 is 5.97 Å². The van der Waals surface area contributed by atoms with Crippen LogP contribution in [0.3, 0.4) is 0 Å². The monoisotopic (exact) mass is 625 g/mol. The van der Waals surface area contributed by atoms with Crippen LogP contribution in [0.4, 0.5) is 0 Å². The lowest BCUT2D eigenvalue weighted by Gasteiger charge is -2.30. The Morgan fingerprint density at radius 2 is 1.36 bits per heavy atom. The van der Waals surface area contributed by atoms with E-state index in [2.05, 4.69) is 0 Å². The van der Waals surface area contributed by atoms with Gasteiger partial charge < -0.3 is 18.9 Å². The molecule has 0 radical (unpaired) electrons. The van der Waals surface area contributed by atoms with Gasteiger partial charge in [0.2, 0.25) is 0 Å². The number of ether oxygens (including phenoxy) is 4. The number of nitrogens with zero attached hydrogens (tertiary/aromatic N) is 1. The molecule has 0 N–H and O–H groups in total. The average Bonchev–Trinajstić information content (AvgIpc) is 3.56. The number of hydroxylamine groups is 2. The maximum atomic E-state index is 12.1. The molecule has 2 aliphatic heterocycles. The van der Waals surface area contributed by atoms with Gasteiger partial charge in [0.1, 0.15) is 31.0 Å². The number of benzene rings is 3. The van der Waals surface area contributed by atoms with Crippen molar-refractivity contribution in [1.82, 2.24) is 5.06 Å². The largest absolute Gasteiger partial charge is 0.463 e. The van der Waals surface area contributed by atoms with Gasteiger partial charge in [-0.3, -0.25) is 13.8 Å². The van der Waals surface area contributed by atoms with Crippen molar-refractivity contribution in [2.45, 2.75) is 69.7 Å². The van der Waals surface area contributed by atoms with Gasteiger partial charge in [0.25, 0.3) is 10.1 Å². The van der Waals surface area contributed by atoms with Gasteiger partial charge in [-0.25, -0.2) is 0 Å². The molecule has 2 saturated heterocycles. The van der Waals surface area contributed by atoms with Crippen LogP contribution in [0.15, 0.2) is 91.0 Å². The minimum atomic E-state index is -3.87. The third kappa shape index (κ3) is 8.95. The van der Waals surface area contributed by atoms with E-state index in [1.54, 1.807) is 0 Å². The van der Waals surface area contributed by atoms with E-state index in [1.165, 1.54) is 6.92 Å². The van der Waals surface area contributed by atoms with E-state index in [0.29, 0.717) is 26.2 Å². The summed E-state index contributed by atoms with van der Waals surface area (Å²) < 4.78 is 54.1. The fourth-order valence-corrected chi connectivity index (χ4v) is 6.26.